The molecule has 0 saturated heterocycles. The fraction of sp³-hybridized carbons (Fsp3) is 0.350. The highest BCUT2D eigenvalue weighted by atomic mass is 35.5. The first-order valence-corrected chi connectivity index (χ1v) is 9.68. The molecule has 6 heteroatoms. The first kappa shape index (κ1) is 17.5. The maximum Gasteiger partial charge on any atom is 0.168 e. The lowest BCUT2D eigenvalue weighted by molar-refractivity contribution is 0.858. The Morgan fingerprint density at radius 3 is 2.73 bits per heavy atom. The number of hydrogen-bond donors (Lipinski definition) is 0. The molecule has 3 aromatic rings. The monoisotopic (exact) mass is 386 g/mol. The Labute approximate surface area is 162 Å². The van der Waals surface area contributed by atoms with E-state index in [2.05, 4.69) is 33.7 Å². The molecule has 1 aliphatic carbocycles. The van der Waals surface area contributed by atoms with Crippen molar-refractivity contribution in [1.29, 1.82) is 0 Å². The number of aryl methyl sites for hydroxylation is 2. The van der Waals surface area contributed by atoms with E-state index in [-0.39, 0.29) is 0 Å². The number of nitrogens with zero attached hydrogens (tertiary/aromatic N) is 4. The van der Waals surface area contributed by atoms with Crippen molar-refractivity contribution in [2.45, 2.75) is 39.5 Å². The number of aromatic nitrogens is 4. The Bertz CT molecular complexity index is 979. The Morgan fingerprint density at radius 1 is 1.23 bits per heavy atom. The van der Waals surface area contributed by atoms with E-state index >= 15 is 0 Å². The summed E-state index contributed by atoms with van der Waals surface area (Å²) in [7, 11) is 0. The molecule has 0 bridgehead atoms. The molecule has 0 spiro atoms. The normalized spacial score (nSPS) is 14.6. The van der Waals surface area contributed by atoms with Crippen molar-refractivity contribution in [2.24, 2.45) is 5.92 Å². The molecule has 4 nitrogen and oxygen atoms in total. The number of halogens is 2. The van der Waals surface area contributed by atoms with Crippen LogP contribution < -0.4 is 0 Å². The zero-order chi connectivity index (χ0) is 18.3. The quantitative estimate of drug-likeness (QED) is 0.544. The first-order valence-electron chi connectivity index (χ1n) is 8.93. The summed E-state index contributed by atoms with van der Waals surface area (Å²) in [5, 5.41) is 1.19. The molecule has 1 aliphatic rings. The average Bonchev–Trinajstić information content (AvgIpc) is 3.34. The highest BCUT2D eigenvalue weighted by Crippen LogP contribution is 2.36. The van der Waals surface area contributed by atoms with Crippen molar-refractivity contribution in [1.82, 2.24) is 19.5 Å². The Balaban J connectivity index is 1.87. The highest BCUT2D eigenvalue weighted by molar-refractivity contribution is 6.36. The zero-order valence-corrected chi connectivity index (χ0v) is 16.3. The molecule has 1 aromatic carbocycles. The Morgan fingerprint density at radius 2 is 2.04 bits per heavy atom. The topological polar surface area (TPSA) is 43.6 Å². The van der Waals surface area contributed by atoms with Crippen LogP contribution in [0.1, 0.15) is 37.6 Å². The van der Waals surface area contributed by atoms with Crippen LogP contribution in [0.25, 0.3) is 28.6 Å². The smallest absolute Gasteiger partial charge is 0.168 e. The van der Waals surface area contributed by atoms with Crippen molar-refractivity contribution < 1.29 is 0 Å². The van der Waals surface area contributed by atoms with Gasteiger partial charge in [0.15, 0.2) is 5.65 Å². The lowest BCUT2D eigenvalue weighted by Gasteiger charge is -2.09. The van der Waals surface area contributed by atoms with Gasteiger partial charge in [0.2, 0.25) is 0 Å². The van der Waals surface area contributed by atoms with Gasteiger partial charge in [-0.2, -0.15) is 0 Å². The number of benzene rings is 1. The fourth-order valence-corrected chi connectivity index (χ4v) is 3.94. The number of allylic oxidation sites excluding steroid dienone is 1. The number of fused-ring (bicyclic) bond motifs is 1. The summed E-state index contributed by atoms with van der Waals surface area (Å²) in [6.45, 7) is 4.08. The molecule has 0 radical (unpaired) electrons. The maximum atomic E-state index is 6.48. The molecule has 134 valence electrons. The number of imidazole rings is 1. The first-order chi connectivity index (χ1) is 12.6. The molecule has 26 heavy (non-hydrogen) atoms. The van der Waals surface area contributed by atoms with Gasteiger partial charge in [0.1, 0.15) is 23.4 Å². The van der Waals surface area contributed by atoms with Gasteiger partial charge in [0.25, 0.3) is 0 Å². The summed E-state index contributed by atoms with van der Waals surface area (Å²) in [5.74, 6) is 1.82. The lowest BCUT2D eigenvalue weighted by atomic mass is 10.0. The number of rotatable bonds is 5. The zero-order valence-electron chi connectivity index (χ0n) is 14.8. The van der Waals surface area contributed by atoms with Crippen LogP contribution in [0.5, 0.6) is 0 Å². The van der Waals surface area contributed by atoms with Crippen molar-refractivity contribution in [2.75, 3.05) is 0 Å². The van der Waals surface area contributed by atoms with E-state index in [1.165, 1.54) is 12.8 Å². The van der Waals surface area contributed by atoms with E-state index in [0.717, 1.165) is 52.6 Å². The van der Waals surface area contributed by atoms with Crippen molar-refractivity contribution in [3.05, 3.63) is 46.0 Å². The van der Waals surface area contributed by atoms with Gasteiger partial charge in [-0.3, -0.25) is 4.57 Å². The van der Waals surface area contributed by atoms with Crippen LogP contribution in [0.4, 0.5) is 0 Å². The molecule has 0 N–H and O–H groups in total. The SMILES string of the molecule is CCc1nc2c(-c3c(C)cc(Cl)cc3Cl)ncnc2n1C=CCC1CC1. The van der Waals surface area contributed by atoms with Crippen LogP contribution in [0.3, 0.4) is 0 Å². The Hall–Kier alpha value is -1.91. The molecular formula is C20H20Cl2N4. The van der Waals surface area contributed by atoms with E-state index in [1.54, 1.807) is 12.4 Å². The molecule has 2 heterocycles. The molecule has 0 atom stereocenters. The van der Waals surface area contributed by atoms with Gasteiger partial charge < -0.3 is 0 Å². The second kappa shape index (κ2) is 7.01. The summed E-state index contributed by atoms with van der Waals surface area (Å²) in [6, 6.07) is 3.64. The molecule has 0 unspecified atom stereocenters. The minimum atomic E-state index is 0.576. The predicted molar refractivity (Wildman–Crippen MR) is 108 cm³/mol. The van der Waals surface area contributed by atoms with Crippen LogP contribution in [0.15, 0.2) is 24.5 Å². The summed E-state index contributed by atoms with van der Waals surface area (Å²) < 4.78 is 2.07. The van der Waals surface area contributed by atoms with Crippen LogP contribution in [-0.2, 0) is 6.42 Å². The van der Waals surface area contributed by atoms with Crippen molar-refractivity contribution in [3.8, 4) is 11.3 Å². The summed E-state index contributed by atoms with van der Waals surface area (Å²) >= 11 is 12.6. The second-order valence-electron chi connectivity index (χ2n) is 6.79. The van der Waals surface area contributed by atoms with Gasteiger partial charge in [-0.05, 0) is 49.8 Å². The largest absolute Gasteiger partial charge is 0.288 e. The fourth-order valence-electron chi connectivity index (χ4n) is 3.26. The van der Waals surface area contributed by atoms with Crippen molar-refractivity contribution in [3.63, 3.8) is 0 Å². The maximum absolute atomic E-state index is 6.48. The predicted octanol–water partition coefficient (Wildman–Crippen LogP) is 5.94. The molecule has 1 fully saturated rings. The summed E-state index contributed by atoms with van der Waals surface area (Å²) in [4.78, 5) is 13.8. The third kappa shape index (κ3) is 3.24. The molecule has 0 aliphatic heterocycles. The summed E-state index contributed by atoms with van der Waals surface area (Å²) in [5.41, 5.74) is 4.16. The van der Waals surface area contributed by atoms with Gasteiger partial charge in [-0.1, -0.05) is 36.2 Å². The van der Waals surface area contributed by atoms with Crippen molar-refractivity contribution >= 4 is 40.6 Å². The molecule has 1 saturated carbocycles. The van der Waals surface area contributed by atoms with E-state index in [9.17, 15) is 0 Å². The van der Waals surface area contributed by atoms with E-state index in [0.29, 0.717) is 10.0 Å². The van der Waals surface area contributed by atoms with E-state index < -0.39 is 0 Å². The summed E-state index contributed by atoms with van der Waals surface area (Å²) in [6.07, 6.45) is 10.5. The third-order valence-corrected chi connectivity index (χ3v) is 5.29. The lowest BCUT2D eigenvalue weighted by Crippen LogP contribution is -1.96. The third-order valence-electron chi connectivity index (χ3n) is 4.78. The molecule has 4 rings (SSSR count). The standard InChI is InChI=1S/C20H20Cl2N4/c1-3-16-25-19-18(17-12(2)9-14(21)10-15(17)22)23-11-24-20(19)26(16)8-4-5-13-6-7-13/h4,8-11,13H,3,5-7H2,1-2H3. The number of hydrogen-bond acceptors (Lipinski definition) is 3. The van der Waals surface area contributed by atoms with Crippen LogP contribution in [0, 0.1) is 12.8 Å². The van der Waals surface area contributed by atoms with Gasteiger partial charge >= 0.3 is 0 Å². The van der Waals surface area contributed by atoms with Crippen LogP contribution >= 0.6 is 23.2 Å². The van der Waals surface area contributed by atoms with Crippen LogP contribution in [-0.4, -0.2) is 19.5 Å². The molecule has 0 amide bonds. The molecule has 2 aromatic heterocycles. The van der Waals surface area contributed by atoms with Gasteiger partial charge in [0.05, 0.1) is 5.02 Å². The minimum absolute atomic E-state index is 0.576. The van der Waals surface area contributed by atoms with E-state index in [4.69, 9.17) is 28.2 Å². The average molecular weight is 387 g/mol. The second-order valence-corrected chi connectivity index (χ2v) is 7.63. The minimum Gasteiger partial charge on any atom is -0.288 e. The Kier molecular flexibility index (Phi) is 4.72. The highest BCUT2D eigenvalue weighted by Gasteiger charge is 2.20. The molecular weight excluding hydrogens is 367 g/mol. The van der Waals surface area contributed by atoms with Gasteiger partial charge in [-0.15, -0.1) is 0 Å². The van der Waals surface area contributed by atoms with Gasteiger partial charge in [-0.25, -0.2) is 15.0 Å². The van der Waals surface area contributed by atoms with E-state index in [1.807, 2.05) is 13.0 Å². The van der Waals surface area contributed by atoms with Gasteiger partial charge in [0, 0.05) is 23.2 Å². The van der Waals surface area contributed by atoms with Crippen LogP contribution in [0.2, 0.25) is 10.0 Å².